The van der Waals surface area contributed by atoms with Crippen LogP contribution in [0.15, 0.2) is 11.6 Å². The van der Waals surface area contributed by atoms with Crippen LogP contribution in [0.1, 0.15) is 120 Å². The van der Waals surface area contributed by atoms with Crippen molar-refractivity contribution >= 4 is 5.97 Å². The molecule has 12 heteroatoms. The average Bonchev–Trinajstić information content (AvgIpc) is 3.09. The van der Waals surface area contributed by atoms with Crippen LogP contribution >= 0.6 is 0 Å². The maximum Gasteiger partial charge on any atom is 0.310 e. The molecule has 0 aromatic carbocycles. The molecule has 2 saturated heterocycles. The van der Waals surface area contributed by atoms with Gasteiger partial charge in [0.25, 0.3) is 0 Å². The molecule has 0 radical (unpaired) electrons. The summed E-state index contributed by atoms with van der Waals surface area (Å²) in [7, 11) is 0. The van der Waals surface area contributed by atoms with Gasteiger partial charge in [0.1, 0.15) is 42.7 Å². The van der Waals surface area contributed by atoms with Crippen LogP contribution in [0, 0.1) is 50.2 Å². The van der Waals surface area contributed by atoms with E-state index >= 15 is 0 Å². The fourth-order valence-corrected chi connectivity index (χ4v) is 13.6. The molecule has 0 aromatic heterocycles. The van der Waals surface area contributed by atoms with Crippen molar-refractivity contribution in [2.75, 3.05) is 6.61 Å². The molecule has 4 saturated carbocycles. The van der Waals surface area contributed by atoms with E-state index in [-0.39, 0.29) is 39.1 Å². The molecule has 0 bridgehead atoms. The Labute approximate surface area is 320 Å². The van der Waals surface area contributed by atoms with Crippen molar-refractivity contribution in [2.45, 2.75) is 187 Å². The molecule has 54 heavy (non-hydrogen) atoms. The Morgan fingerprint density at radius 2 is 1.43 bits per heavy atom. The van der Waals surface area contributed by atoms with Crippen molar-refractivity contribution in [3.8, 4) is 0 Å². The third-order valence-electron chi connectivity index (χ3n) is 17.2. The van der Waals surface area contributed by atoms with Gasteiger partial charge in [0.05, 0.1) is 24.2 Å². The van der Waals surface area contributed by atoms with Crippen LogP contribution in [0.4, 0.5) is 0 Å². The molecule has 7 N–H and O–H groups in total. The highest BCUT2D eigenvalue weighted by molar-refractivity contribution is 5.76. The van der Waals surface area contributed by atoms with Crippen LogP contribution in [0.2, 0.25) is 0 Å². The van der Waals surface area contributed by atoms with Gasteiger partial charge in [-0.1, -0.05) is 60.1 Å². The third kappa shape index (κ3) is 5.93. The molecule has 6 fully saturated rings. The predicted molar refractivity (Wildman–Crippen MR) is 197 cm³/mol. The first-order valence-corrected chi connectivity index (χ1v) is 20.6. The molecule has 0 aromatic rings. The summed E-state index contributed by atoms with van der Waals surface area (Å²) in [6.45, 7) is 17.6. The number of rotatable bonds is 6. The minimum atomic E-state index is -1.66. The van der Waals surface area contributed by atoms with Crippen molar-refractivity contribution in [3.63, 3.8) is 0 Å². The predicted octanol–water partition coefficient (Wildman–Crippen LogP) is 3.91. The second-order valence-corrected chi connectivity index (χ2v) is 20.7. The van der Waals surface area contributed by atoms with Gasteiger partial charge in [0, 0.05) is 0 Å². The summed E-state index contributed by atoms with van der Waals surface area (Å²) >= 11 is 0. The minimum absolute atomic E-state index is 0.0117. The fraction of sp³-hybridized carbons (Fsp3) is 0.929. The van der Waals surface area contributed by atoms with Gasteiger partial charge < -0.3 is 54.7 Å². The second kappa shape index (κ2) is 13.7. The van der Waals surface area contributed by atoms with Crippen molar-refractivity contribution in [3.05, 3.63) is 11.6 Å². The lowest BCUT2D eigenvalue weighted by Gasteiger charge is -2.71. The van der Waals surface area contributed by atoms with Crippen LogP contribution in [-0.4, -0.2) is 116 Å². The van der Waals surface area contributed by atoms with E-state index in [9.17, 15) is 40.5 Å². The summed E-state index contributed by atoms with van der Waals surface area (Å²) in [5.41, 5.74) is 0.553. The number of carboxylic acid groups (broad SMARTS) is 1. The number of carboxylic acids is 1. The molecule has 5 aliphatic carbocycles. The van der Waals surface area contributed by atoms with Crippen LogP contribution in [0.25, 0.3) is 0 Å². The lowest BCUT2D eigenvalue weighted by Crippen LogP contribution is -2.66. The first-order chi connectivity index (χ1) is 25.1. The molecule has 308 valence electrons. The van der Waals surface area contributed by atoms with Crippen LogP contribution in [-0.2, 0) is 23.7 Å². The van der Waals surface area contributed by atoms with Crippen molar-refractivity contribution < 1.29 is 59.5 Å². The van der Waals surface area contributed by atoms with E-state index in [1.54, 1.807) is 6.92 Å². The summed E-state index contributed by atoms with van der Waals surface area (Å²) in [6.07, 6.45) is -2.37. The molecule has 18 atom stereocenters. The Kier molecular flexibility index (Phi) is 10.4. The van der Waals surface area contributed by atoms with Crippen molar-refractivity contribution in [2.24, 2.45) is 50.2 Å². The van der Waals surface area contributed by atoms with E-state index in [2.05, 4.69) is 54.5 Å². The quantitative estimate of drug-likeness (QED) is 0.153. The Balaban J connectivity index is 1.07. The van der Waals surface area contributed by atoms with Gasteiger partial charge >= 0.3 is 5.97 Å². The molecule has 18 unspecified atom stereocenters. The Bertz CT molecular complexity index is 1460. The highest BCUT2D eigenvalue weighted by atomic mass is 16.7. The summed E-state index contributed by atoms with van der Waals surface area (Å²) in [4.78, 5) is 13.0. The van der Waals surface area contributed by atoms with Crippen LogP contribution in [0.5, 0.6) is 0 Å². The number of aliphatic carboxylic acids is 1. The van der Waals surface area contributed by atoms with Gasteiger partial charge in [-0.15, -0.1) is 0 Å². The lowest BCUT2D eigenvalue weighted by molar-refractivity contribution is -0.364. The molecular formula is C42H68O12. The van der Waals surface area contributed by atoms with Crippen LogP contribution < -0.4 is 0 Å². The number of allylic oxidation sites excluding steroid dienone is 2. The smallest absolute Gasteiger partial charge is 0.310 e. The fourth-order valence-electron chi connectivity index (χ4n) is 13.6. The van der Waals surface area contributed by atoms with Gasteiger partial charge in [0.15, 0.2) is 12.6 Å². The Morgan fingerprint density at radius 3 is 2.09 bits per heavy atom. The van der Waals surface area contributed by atoms with Gasteiger partial charge in [-0.05, 0) is 116 Å². The number of ether oxygens (including phenoxy) is 4. The summed E-state index contributed by atoms with van der Waals surface area (Å²) in [5, 5.41) is 73.8. The molecule has 7 rings (SSSR count). The maximum absolute atomic E-state index is 13.0. The minimum Gasteiger partial charge on any atom is -0.481 e. The van der Waals surface area contributed by atoms with Gasteiger partial charge in [-0.2, -0.15) is 0 Å². The van der Waals surface area contributed by atoms with E-state index in [0.717, 1.165) is 64.2 Å². The van der Waals surface area contributed by atoms with Crippen LogP contribution in [0.3, 0.4) is 0 Å². The number of aliphatic hydroxyl groups is 6. The highest BCUT2D eigenvalue weighted by Crippen LogP contribution is 2.76. The highest BCUT2D eigenvalue weighted by Gasteiger charge is 2.69. The Hall–Kier alpha value is -1.19. The van der Waals surface area contributed by atoms with E-state index in [0.29, 0.717) is 11.8 Å². The zero-order chi connectivity index (χ0) is 39.6. The van der Waals surface area contributed by atoms with Gasteiger partial charge in [-0.25, -0.2) is 0 Å². The number of hydrogen-bond acceptors (Lipinski definition) is 11. The number of aliphatic hydroxyl groups excluding tert-OH is 6. The molecule has 2 aliphatic heterocycles. The molecular weight excluding hydrogens is 696 g/mol. The topological polar surface area (TPSA) is 196 Å². The lowest BCUT2D eigenvalue weighted by atomic mass is 9.33. The zero-order valence-electron chi connectivity index (χ0n) is 33.6. The van der Waals surface area contributed by atoms with Gasteiger partial charge in [0.2, 0.25) is 0 Å². The summed E-state index contributed by atoms with van der Waals surface area (Å²) in [6, 6.07) is 0. The molecule has 0 spiro atoms. The van der Waals surface area contributed by atoms with E-state index < -0.39 is 79.4 Å². The molecule has 7 aliphatic rings. The SMILES string of the molecule is CC1OC(OC2CCC3(C)C(CCC4(C)C3CC=C3C5CC(C)(C)CCC5(C(=O)O)CCC34C)C2(C)C)C(O)C(O)C1OC1OC(CO)C(O)C(O)C1O. The summed E-state index contributed by atoms with van der Waals surface area (Å²) in [5.74, 6) is 0.203. The molecule has 0 amide bonds. The third-order valence-corrected chi connectivity index (χ3v) is 17.2. The molecule has 12 nitrogen and oxygen atoms in total. The second-order valence-electron chi connectivity index (χ2n) is 20.7. The number of carbonyl (C=O) groups is 1. The van der Waals surface area contributed by atoms with E-state index in [4.69, 9.17) is 18.9 Å². The zero-order valence-corrected chi connectivity index (χ0v) is 33.6. The number of fused-ring (bicyclic) bond motifs is 7. The monoisotopic (exact) mass is 764 g/mol. The number of hydrogen-bond donors (Lipinski definition) is 7. The normalized spacial score (nSPS) is 53.9. The van der Waals surface area contributed by atoms with Crippen molar-refractivity contribution in [1.29, 1.82) is 0 Å². The van der Waals surface area contributed by atoms with Crippen molar-refractivity contribution in [1.82, 2.24) is 0 Å². The molecule has 2 heterocycles. The first kappa shape index (κ1) is 41.0. The van der Waals surface area contributed by atoms with E-state index in [1.165, 1.54) is 5.57 Å². The standard InChI is InChI=1S/C42H68O12/c1-21-33(54-35-31(47)29(45)28(44)24(20-43)52-35)30(46)32(48)34(51-21)53-27-12-13-39(6)25(38(27,4)5)11-14-41(8)26(39)10-9-22-23-19-37(2,3)15-17-42(23,36(49)50)18-16-40(22,41)7/h9,21,23-35,43-48H,10-20H2,1-8H3,(H,49,50). The van der Waals surface area contributed by atoms with Gasteiger partial charge in [-0.3, -0.25) is 4.79 Å². The first-order valence-electron chi connectivity index (χ1n) is 20.6. The Morgan fingerprint density at radius 1 is 0.778 bits per heavy atom. The average molecular weight is 765 g/mol. The maximum atomic E-state index is 13.0. The summed E-state index contributed by atoms with van der Waals surface area (Å²) < 4.78 is 24.1. The largest absolute Gasteiger partial charge is 0.481 e. The van der Waals surface area contributed by atoms with E-state index in [1.807, 2.05) is 0 Å².